The molecule has 0 unspecified atom stereocenters. The summed E-state index contributed by atoms with van der Waals surface area (Å²) in [6.45, 7) is 0.956. The molecule has 1 amide bonds. The smallest absolute Gasteiger partial charge is 0.274 e. The van der Waals surface area contributed by atoms with Crippen LogP contribution in [0.15, 0.2) is 35.4 Å². The Kier molecular flexibility index (Phi) is 4.81. The number of fused-ring (bicyclic) bond motifs is 1. The van der Waals surface area contributed by atoms with Crippen LogP contribution in [-0.4, -0.2) is 57.3 Å². The maximum Gasteiger partial charge on any atom is 0.274 e. The van der Waals surface area contributed by atoms with E-state index in [4.69, 9.17) is 4.74 Å². The molecule has 168 valence electrons. The highest BCUT2D eigenvalue weighted by molar-refractivity contribution is 6.00. The number of carbonyl (C=O) groups is 1. The van der Waals surface area contributed by atoms with Gasteiger partial charge in [0.05, 0.1) is 31.5 Å². The Balaban J connectivity index is 1.47. The first kappa shape index (κ1) is 20.4. The van der Waals surface area contributed by atoms with Crippen LogP contribution in [0.25, 0.3) is 5.65 Å². The summed E-state index contributed by atoms with van der Waals surface area (Å²) >= 11 is 0. The third-order valence-electron chi connectivity index (χ3n) is 5.81. The summed E-state index contributed by atoms with van der Waals surface area (Å²) in [4.78, 5) is 29.9. The van der Waals surface area contributed by atoms with Crippen LogP contribution in [0.3, 0.4) is 0 Å². The quantitative estimate of drug-likeness (QED) is 0.530. The van der Waals surface area contributed by atoms with Gasteiger partial charge in [-0.05, 0) is 18.6 Å². The van der Waals surface area contributed by atoms with Crippen LogP contribution in [0.4, 0.5) is 26.1 Å². The lowest BCUT2D eigenvalue weighted by Crippen LogP contribution is -2.55. The molecule has 0 bridgehead atoms. The Morgan fingerprint density at radius 3 is 2.78 bits per heavy atom. The van der Waals surface area contributed by atoms with E-state index in [0.717, 1.165) is 0 Å². The maximum atomic E-state index is 13.6. The normalized spacial score (nSPS) is 19.8. The first-order valence-electron chi connectivity index (χ1n) is 10.2. The van der Waals surface area contributed by atoms with E-state index in [1.807, 2.05) is 0 Å². The molecule has 1 atom stereocenters. The third-order valence-corrected chi connectivity index (χ3v) is 5.81. The molecular formula is C20H21F2N7O3. The lowest BCUT2D eigenvalue weighted by molar-refractivity contribution is -0.102. The van der Waals surface area contributed by atoms with Crippen molar-refractivity contribution in [2.45, 2.75) is 30.8 Å². The predicted molar refractivity (Wildman–Crippen MR) is 112 cm³/mol. The number of halogens is 2. The maximum absolute atomic E-state index is 13.6. The first-order valence-corrected chi connectivity index (χ1v) is 10.2. The fourth-order valence-corrected chi connectivity index (χ4v) is 3.70. The summed E-state index contributed by atoms with van der Waals surface area (Å²) in [7, 11) is 1.67. The molecule has 3 aromatic heterocycles. The summed E-state index contributed by atoms with van der Waals surface area (Å²) in [6.07, 6.45) is 2.95. The van der Waals surface area contributed by atoms with Gasteiger partial charge in [-0.2, -0.15) is 9.61 Å². The minimum absolute atomic E-state index is 0.0117. The number of alkyl halides is 2. The largest absolute Gasteiger partial charge is 0.377 e. The van der Waals surface area contributed by atoms with Crippen molar-refractivity contribution < 1.29 is 18.3 Å². The van der Waals surface area contributed by atoms with Crippen molar-refractivity contribution >= 4 is 28.9 Å². The second-order valence-corrected chi connectivity index (χ2v) is 7.85. The van der Waals surface area contributed by atoms with Gasteiger partial charge in [0, 0.05) is 25.7 Å². The van der Waals surface area contributed by atoms with Gasteiger partial charge in [0.1, 0.15) is 22.9 Å². The number of hydrogen-bond donors (Lipinski definition) is 3. The number of pyridine rings is 1. The summed E-state index contributed by atoms with van der Waals surface area (Å²) in [5, 5.41) is 12.5. The molecule has 32 heavy (non-hydrogen) atoms. The average Bonchev–Trinajstić information content (AvgIpc) is 3.16. The van der Waals surface area contributed by atoms with Gasteiger partial charge in [0.25, 0.3) is 17.4 Å². The first-order chi connectivity index (χ1) is 15.4. The minimum Gasteiger partial charge on any atom is -0.377 e. The fourth-order valence-electron chi connectivity index (χ4n) is 3.70. The molecule has 4 heterocycles. The number of rotatable bonds is 6. The molecule has 2 aliphatic rings. The highest BCUT2D eigenvalue weighted by atomic mass is 19.3. The average molecular weight is 445 g/mol. The van der Waals surface area contributed by atoms with E-state index in [9.17, 15) is 18.4 Å². The van der Waals surface area contributed by atoms with Crippen molar-refractivity contribution in [3.63, 3.8) is 0 Å². The van der Waals surface area contributed by atoms with E-state index >= 15 is 0 Å². The molecule has 1 saturated carbocycles. The Bertz CT molecular complexity index is 1250. The van der Waals surface area contributed by atoms with Crippen molar-refractivity contribution in [1.82, 2.24) is 24.5 Å². The molecule has 10 nitrogen and oxygen atoms in total. The molecular weight excluding hydrogens is 424 g/mol. The number of hydrogen-bond acceptors (Lipinski definition) is 7. The molecule has 0 radical (unpaired) electrons. The summed E-state index contributed by atoms with van der Waals surface area (Å²) < 4.78 is 35.3. The molecule has 0 aromatic carbocycles. The lowest BCUT2D eigenvalue weighted by atomic mass is 9.88. The second kappa shape index (κ2) is 7.55. The fraction of sp³-hybridized carbons (Fsp3) is 0.400. The number of anilines is 3. The zero-order chi connectivity index (χ0) is 22.5. The molecule has 0 spiro atoms. The second-order valence-electron chi connectivity index (χ2n) is 7.85. The van der Waals surface area contributed by atoms with E-state index in [0.29, 0.717) is 30.5 Å². The van der Waals surface area contributed by atoms with Crippen LogP contribution in [0.1, 0.15) is 29.2 Å². The van der Waals surface area contributed by atoms with Crippen molar-refractivity contribution in [3.05, 3.63) is 46.5 Å². The number of ether oxygens (including phenoxy) is 1. The van der Waals surface area contributed by atoms with Gasteiger partial charge in [-0.15, -0.1) is 0 Å². The van der Waals surface area contributed by atoms with Crippen LogP contribution >= 0.6 is 0 Å². The Morgan fingerprint density at radius 1 is 1.34 bits per heavy atom. The number of carbonyl (C=O) groups excluding carboxylic acids is 1. The van der Waals surface area contributed by atoms with E-state index in [-0.39, 0.29) is 35.7 Å². The van der Waals surface area contributed by atoms with Gasteiger partial charge < -0.3 is 25.3 Å². The van der Waals surface area contributed by atoms with Crippen LogP contribution in [0.2, 0.25) is 0 Å². The molecule has 5 rings (SSSR count). The van der Waals surface area contributed by atoms with Gasteiger partial charge in [-0.1, -0.05) is 0 Å². The molecule has 2 fully saturated rings. The standard InChI is InChI=1S/C20H21F2N7O3/c1-23-16-7-15(25-13-3-2-6-28(19(13)31)11-9-32-10-11)27-17-12(8-24-29(16)17)18(30)26-14-4-5-20(14,21)22/h2-3,6-8,11,14,23H,4-5,9-10H2,1H3,(H,25,27)(H,26,30)/t14-/m0/s1. The predicted octanol–water partition coefficient (Wildman–Crippen LogP) is 1.78. The third kappa shape index (κ3) is 3.36. The molecule has 1 aliphatic carbocycles. The van der Waals surface area contributed by atoms with Crippen LogP contribution in [0.5, 0.6) is 0 Å². The Hall–Kier alpha value is -3.54. The zero-order valence-electron chi connectivity index (χ0n) is 17.1. The van der Waals surface area contributed by atoms with Crippen molar-refractivity contribution in [1.29, 1.82) is 0 Å². The summed E-state index contributed by atoms with van der Waals surface area (Å²) in [5.41, 5.74) is 0.304. The van der Waals surface area contributed by atoms with Gasteiger partial charge >= 0.3 is 0 Å². The highest BCUT2D eigenvalue weighted by Crippen LogP contribution is 2.37. The van der Waals surface area contributed by atoms with Crippen LogP contribution < -0.4 is 21.5 Å². The van der Waals surface area contributed by atoms with Crippen molar-refractivity contribution in [2.24, 2.45) is 0 Å². The number of amides is 1. The van der Waals surface area contributed by atoms with Gasteiger partial charge in [-0.25, -0.2) is 13.8 Å². The molecule has 1 saturated heterocycles. The Labute approximate surface area is 180 Å². The highest BCUT2D eigenvalue weighted by Gasteiger charge is 2.49. The van der Waals surface area contributed by atoms with Gasteiger partial charge in [-0.3, -0.25) is 9.59 Å². The van der Waals surface area contributed by atoms with Crippen molar-refractivity contribution in [3.8, 4) is 0 Å². The number of nitrogens with zero attached hydrogens (tertiary/aromatic N) is 4. The molecule has 3 N–H and O–H groups in total. The van der Waals surface area contributed by atoms with E-state index in [2.05, 4.69) is 26.0 Å². The van der Waals surface area contributed by atoms with Crippen molar-refractivity contribution in [2.75, 3.05) is 30.9 Å². The molecule has 12 heteroatoms. The lowest BCUT2D eigenvalue weighted by Gasteiger charge is -2.36. The minimum atomic E-state index is -2.91. The monoisotopic (exact) mass is 445 g/mol. The van der Waals surface area contributed by atoms with Gasteiger partial charge in [0.15, 0.2) is 5.65 Å². The molecule has 1 aliphatic heterocycles. The summed E-state index contributed by atoms with van der Waals surface area (Å²) in [5.74, 6) is -2.80. The molecule has 3 aromatic rings. The van der Waals surface area contributed by atoms with Crippen LogP contribution in [0, 0.1) is 0 Å². The zero-order valence-corrected chi connectivity index (χ0v) is 17.1. The topological polar surface area (TPSA) is 115 Å². The van der Waals surface area contributed by atoms with Crippen LogP contribution in [-0.2, 0) is 4.74 Å². The van der Waals surface area contributed by atoms with Gasteiger partial charge in [0.2, 0.25) is 0 Å². The van der Waals surface area contributed by atoms with E-state index in [1.54, 1.807) is 36.0 Å². The van der Waals surface area contributed by atoms with E-state index < -0.39 is 17.9 Å². The van der Waals surface area contributed by atoms with E-state index in [1.165, 1.54) is 10.7 Å². The number of aromatic nitrogens is 4. The Morgan fingerprint density at radius 2 is 2.16 bits per heavy atom. The number of nitrogens with one attached hydrogen (secondary N) is 3. The summed E-state index contributed by atoms with van der Waals surface area (Å²) in [6, 6.07) is 3.79. The SMILES string of the molecule is CNc1cc(Nc2cccn(C3COC3)c2=O)nc2c(C(=O)N[C@H]3CCC3(F)F)cnn12.